The first kappa shape index (κ1) is 15.8. The molecular weight excluding hydrogens is 332 g/mol. The lowest BCUT2D eigenvalue weighted by molar-refractivity contribution is 0.604. The van der Waals surface area contributed by atoms with Crippen LogP contribution in [-0.4, -0.2) is 14.6 Å². The Morgan fingerprint density at radius 3 is 2.93 bits per heavy atom. The number of aromatic nitrogens is 3. The Hall–Kier alpha value is -3.45. The van der Waals surface area contributed by atoms with Gasteiger partial charge in [-0.1, -0.05) is 24.3 Å². The lowest BCUT2D eigenvalue weighted by atomic mass is 9.86. The van der Waals surface area contributed by atoms with Gasteiger partial charge in [0.05, 0.1) is 29.2 Å². The number of pyridine rings is 2. The SMILES string of the molecule is N#CC1CC=C(c2cccn3ncc(-c4ccc5ncccc5c4)c23)CC1. The Bertz CT molecular complexity index is 1230. The van der Waals surface area contributed by atoms with E-state index in [1.807, 2.05) is 35.2 Å². The third-order valence-corrected chi connectivity index (χ3v) is 5.39. The summed E-state index contributed by atoms with van der Waals surface area (Å²) in [6, 6.07) is 17.0. The number of benzene rings is 1. The molecule has 27 heavy (non-hydrogen) atoms. The van der Waals surface area contributed by atoms with Crippen LogP contribution >= 0.6 is 0 Å². The normalized spacial score (nSPS) is 17.0. The Labute approximate surface area is 157 Å². The van der Waals surface area contributed by atoms with Gasteiger partial charge in [0.25, 0.3) is 0 Å². The minimum Gasteiger partial charge on any atom is -0.256 e. The molecule has 0 radical (unpaired) electrons. The number of fused-ring (bicyclic) bond motifs is 2. The number of hydrogen-bond acceptors (Lipinski definition) is 3. The summed E-state index contributed by atoms with van der Waals surface area (Å²) >= 11 is 0. The van der Waals surface area contributed by atoms with Crippen LogP contribution in [0, 0.1) is 17.2 Å². The molecule has 1 unspecified atom stereocenters. The molecule has 130 valence electrons. The molecule has 5 rings (SSSR count). The first-order valence-electron chi connectivity index (χ1n) is 9.24. The van der Waals surface area contributed by atoms with E-state index in [2.05, 4.69) is 52.6 Å². The minimum absolute atomic E-state index is 0.144. The largest absolute Gasteiger partial charge is 0.256 e. The summed E-state index contributed by atoms with van der Waals surface area (Å²) in [6.07, 6.45) is 10.7. The van der Waals surface area contributed by atoms with Gasteiger partial charge in [0.15, 0.2) is 0 Å². The summed E-state index contributed by atoms with van der Waals surface area (Å²) in [7, 11) is 0. The van der Waals surface area contributed by atoms with E-state index in [1.54, 1.807) is 0 Å². The predicted molar refractivity (Wildman–Crippen MR) is 107 cm³/mol. The van der Waals surface area contributed by atoms with Crippen LogP contribution in [0.4, 0.5) is 0 Å². The van der Waals surface area contributed by atoms with Gasteiger partial charge in [-0.25, -0.2) is 4.52 Å². The zero-order chi connectivity index (χ0) is 18.2. The van der Waals surface area contributed by atoms with Crippen LogP contribution in [0.2, 0.25) is 0 Å². The average Bonchev–Trinajstić information content (AvgIpc) is 3.18. The van der Waals surface area contributed by atoms with Crippen molar-refractivity contribution in [3.05, 3.63) is 72.7 Å². The third-order valence-electron chi connectivity index (χ3n) is 5.39. The van der Waals surface area contributed by atoms with E-state index >= 15 is 0 Å². The van der Waals surface area contributed by atoms with Crippen LogP contribution < -0.4 is 0 Å². The van der Waals surface area contributed by atoms with Crippen LogP contribution in [0.1, 0.15) is 24.8 Å². The maximum atomic E-state index is 9.17. The maximum absolute atomic E-state index is 9.17. The molecule has 0 amide bonds. The van der Waals surface area contributed by atoms with Crippen molar-refractivity contribution in [1.82, 2.24) is 14.6 Å². The molecule has 1 aliphatic carbocycles. The van der Waals surface area contributed by atoms with Crippen molar-refractivity contribution in [2.75, 3.05) is 0 Å². The Balaban J connectivity index is 1.67. The highest BCUT2D eigenvalue weighted by atomic mass is 15.2. The van der Waals surface area contributed by atoms with E-state index in [9.17, 15) is 0 Å². The van der Waals surface area contributed by atoms with Crippen LogP contribution in [0.5, 0.6) is 0 Å². The lowest BCUT2D eigenvalue weighted by Gasteiger charge is -2.18. The van der Waals surface area contributed by atoms with Gasteiger partial charge in [-0.3, -0.25) is 4.98 Å². The fourth-order valence-corrected chi connectivity index (χ4v) is 3.95. The van der Waals surface area contributed by atoms with Gasteiger partial charge in [-0.2, -0.15) is 10.4 Å². The zero-order valence-electron chi connectivity index (χ0n) is 14.8. The first-order chi connectivity index (χ1) is 13.3. The van der Waals surface area contributed by atoms with Crippen molar-refractivity contribution >= 4 is 22.0 Å². The van der Waals surface area contributed by atoms with Crippen molar-refractivity contribution in [2.24, 2.45) is 5.92 Å². The van der Waals surface area contributed by atoms with Crippen LogP contribution in [0.25, 0.3) is 33.1 Å². The molecule has 0 saturated carbocycles. The van der Waals surface area contributed by atoms with E-state index in [4.69, 9.17) is 5.26 Å². The van der Waals surface area contributed by atoms with Crippen LogP contribution in [0.3, 0.4) is 0 Å². The van der Waals surface area contributed by atoms with Crippen LogP contribution in [0.15, 0.2) is 67.1 Å². The van der Waals surface area contributed by atoms with Crippen molar-refractivity contribution in [3.8, 4) is 17.2 Å². The molecule has 4 aromatic rings. The second-order valence-corrected chi connectivity index (χ2v) is 7.01. The molecule has 0 saturated heterocycles. The molecule has 1 aliphatic rings. The quantitative estimate of drug-likeness (QED) is 0.496. The highest BCUT2D eigenvalue weighted by molar-refractivity contribution is 5.93. The summed E-state index contributed by atoms with van der Waals surface area (Å²) in [6.45, 7) is 0. The van der Waals surface area contributed by atoms with Gasteiger partial charge in [-0.15, -0.1) is 0 Å². The number of nitriles is 1. The van der Waals surface area contributed by atoms with Gasteiger partial charge in [0, 0.05) is 28.9 Å². The van der Waals surface area contributed by atoms with Gasteiger partial charge in [-0.05, 0) is 54.7 Å². The minimum atomic E-state index is 0.144. The zero-order valence-corrected chi connectivity index (χ0v) is 14.8. The van der Waals surface area contributed by atoms with Crippen molar-refractivity contribution in [1.29, 1.82) is 5.26 Å². The number of allylic oxidation sites excluding steroid dienone is 2. The summed E-state index contributed by atoms with van der Waals surface area (Å²) in [5.74, 6) is 0.144. The lowest BCUT2D eigenvalue weighted by Crippen LogP contribution is -2.04. The smallest absolute Gasteiger partial charge is 0.0815 e. The molecule has 0 fully saturated rings. The number of nitrogens with zero attached hydrogens (tertiary/aromatic N) is 4. The summed E-state index contributed by atoms with van der Waals surface area (Å²) in [5, 5.41) is 14.9. The summed E-state index contributed by atoms with van der Waals surface area (Å²) < 4.78 is 1.95. The van der Waals surface area contributed by atoms with E-state index in [0.29, 0.717) is 0 Å². The third kappa shape index (κ3) is 2.69. The van der Waals surface area contributed by atoms with Gasteiger partial charge in [0.2, 0.25) is 0 Å². The second kappa shape index (κ2) is 6.37. The predicted octanol–water partition coefficient (Wildman–Crippen LogP) is 5.26. The van der Waals surface area contributed by atoms with Gasteiger partial charge >= 0.3 is 0 Å². The Morgan fingerprint density at radius 2 is 2.07 bits per heavy atom. The fourth-order valence-electron chi connectivity index (χ4n) is 3.95. The molecule has 3 heterocycles. The Morgan fingerprint density at radius 1 is 1.11 bits per heavy atom. The molecule has 4 nitrogen and oxygen atoms in total. The fraction of sp³-hybridized carbons (Fsp3) is 0.174. The maximum Gasteiger partial charge on any atom is 0.0815 e. The van der Waals surface area contributed by atoms with E-state index < -0.39 is 0 Å². The number of rotatable bonds is 2. The molecule has 0 N–H and O–H groups in total. The molecular formula is C23H18N4. The van der Waals surface area contributed by atoms with E-state index in [-0.39, 0.29) is 5.92 Å². The highest BCUT2D eigenvalue weighted by Gasteiger charge is 2.19. The van der Waals surface area contributed by atoms with E-state index in [1.165, 1.54) is 11.1 Å². The second-order valence-electron chi connectivity index (χ2n) is 7.01. The van der Waals surface area contributed by atoms with Crippen molar-refractivity contribution in [3.63, 3.8) is 0 Å². The van der Waals surface area contributed by atoms with Gasteiger partial charge < -0.3 is 0 Å². The van der Waals surface area contributed by atoms with Crippen molar-refractivity contribution < 1.29 is 0 Å². The summed E-state index contributed by atoms with van der Waals surface area (Å²) in [4.78, 5) is 4.42. The molecule has 0 aliphatic heterocycles. The van der Waals surface area contributed by atoms with Crippen molar-refractivity contribution in [2.45, 2.75) is 19.3 Å². The number of hydrogen-bond donors (Lipinski definition) is 0. The molecule has 4 heteroatoms. The molecule has 0 spiro atoms. The van der Waals surface area contributed by atoms with Crippen LogP contribution in [-0.2, 0) is 0 Å². The molecule has 1 aromatic carbocycles. The first-order valence-corrected chi connectivity index (χ1v) is 9.24. The Kier molecular flexibility index (Phi) is 3.72. The summed E-state index contributed by atoms with van der Waals surface area (Å²) in [5.41, 5.74) is 6.92. The van der Waals surface area contributed by atoms with E-state index in [0.717, 1.165) is 46.8 Å². The highest BCUT2D eigenvalue weighted by Crippen LogP contribution is 2.36. The molecule has 0 bridgehead atoms. The molecule has 1 atom stereocenters. The standard InChI is InChI=1S/C23H18N4/c24-14-16-5-7-17(8-6-16)20-4-2-12-27-23(20)21(15-26-27)18-9-10-22-19(13-18)3-1-11-25-22/h1-4,7,9-13,15-16H,5-6,8H2. The molecule has 3 aromatic heterocycles. The monoisotopic (exact) mass is 350 g/mol. The van der Waals surface area contributed by atoms with Gasteiger partial charge in [0.1, 0.15) is 0 Å². The average molecular weight is 350 g/mol. The topological polar surface area (TPSA) is 54.0 Å².